The van der Waals surface area contributed by atoms with Gasteiger partial charge in [-0.2, -0.15) is 0 Å². The number of benzene rings is 1. The molecule has 0 spiro atoms. The van der Waals surface area contributed by atoms with Crippen molar-refractivity contribution in [2.24, 2.45) is 0 Å². The number of guanidine groups is 2. The smallest absolute Gasteiger partial charge is 0.406 e. The van der Waals surface area contributed by atoms with Gasteiger partial charge in [-0.15, -0.1) is 25.6 Å². The minimum atomic E-state index is -4.74. The number of nitrogens with one attached hydrogen (secondary N) is 4. The van der Waals surface area contributed by atoms with Crippen LogP contribution in [0.2, 0.25) is 0 Å². The predicted molar refractivity (Wildman–Crippen MR) is 91.7 cm³/mol. The summed E-state index contributed by atoms with van der Waals surface area (Å²) < 4.78 is 40.0. The van der Waals surface area contributed by atoms with E-state index in [1.54, 1.807) is 0 Å². The molecule has 1 heterocycles. The molecule has 1 aliphatic heterocycles. The van der Waals surface area contributed by atoms with Gasteiger partial charge in [0.25, 0.3) is 0 Å². The lowest BCUT2D eigenvalue weighted by Gasteiger charge is -2.34. The second-order valence-corrected chi connectivity index (χ2v) is 5.34. The molecule has 0 amide bonds. The van der Waals surface area contributed by atoms with Crippen LogP contribution in [0.1, 0.15) is 0 Å². The number of rotatable bonds is 2. The molecule has 1 aromatic rings. The van der Waals surface area contributed by atoms with Crippen molar-refractivity contribution in [3.8, 4) is 5.75 Å². The summed E-state index contributed by atoms with van der Waals surface area (Å²) in [5, 5.41) is 21.0. The standard InChI is InChI=1S/C14H19F3N6O.ClH/c1-22-6-8-23(9-7-22)13(19)21-12(18)20-10-2-4-11(5-3-10)24-14(15,16)17;/h2-5H,6-9H2,1H3,(H4,18,19,20,21);1H. The first kappa shape index (κ1) is 20.8. The minimum absolute atomic E-state index is 0. The lowest BCUT2D eigenvalue weighted by Crippen LogP contribution is -2.52. The van der Waals surface area contributed by atoms with Crippen molar-refractivity contribution < 1.29 is 17.9 Å². The second-order valence-electron chi connectivity index (χ2n) is 5.34. The zero-order valence-corrected chi connectivity index (χ0v) is 14.3. The third-order valence-corrected chi connectivity index (χ3v) is 3.42. The maximum atomic E-state index is 12.1. The number of piperazine rings is 1. The maximum absolute atomic E-state index is 12.1. The monoisotopic (exact) mass is 380 g/mol. The van der Waals surface area contributed by atoms with Crippen molar-refractivity contribution in [1.29, 1.82) is 10.8 Å². The molecule has 0 atom stereocenters. The van der Waals surface area contributed by atoms with E-state index in [0.717, 1.165) is 25.2 Å². The quantitative estimate of drug-likeness (QED) is 0.466. The van der Waals surface area contributed by atoms with Crippen molar-refractivity contribution in [3.05, 3.63) is 24.3 Å². The van der Waals surface area contributed by atoms with Crippen LogP contribution in [0, 0.1) is 10.8 Å². The molecule has 0 bridgehead atoms. The van der Waals surface area contributed by atoms with Gasteiger partial charge in [-0.3, -0.25) is 16.1 Å². The Labute approximate surface area is 149 Å². The Hall–Kier alpha value is -2.20. The summed E-state index contributed by atoms with van der Waals surface area (Å²) in [4.78, 5) is 3.97. The van der Waals surface area contributed by atoms with Crippen LogP contribution in [0.15, 0.2) is 24.3 Å². The summed E-state index contributed by atoms with van der Waals surface area (Å²) in [7, 11) is 2.00. The van der Waals surface area contributed by atoms with Crippen LogP contribution >= 0.6 is 12.4 Å². The molecule has 7 nitrogen and oxygen atoms in total. The van der Waals surface area contributed by atoms with E-state index in [2.05, 4.69) is 20.3 Å². The van der Waals surface area contributed by atoms with E-state index in [1.165, 1.54) is 12.1 Å². The molecule has 1 fully saturated rings. The fraction of sp³-hybridized carbons (Fsp3) is 0.429. The molecule has 11 heteroatoms. The largest absolute Gasteiger partial charge is 0.573 e. The molecule has 0 aliphatic carbocycles. The Morgan fingerprint density at radius 1 is 1.08 bits per heavy atom. The molecule has 140 valence electrons. The summed E-state index contributed by atoms with van der Waals surface area (Å²) in [6.07, 6.45) is -4.74. The first-order valence-corrected chi connectivity index (χ1v) is 7.23. The van der Waals surface area contributed by atoms with Crippen LogP contribution in [-0.2, 0) is 0 Å². The summed E-state index contributed by atoms with van der Waals surface area (Å²) >= 11 is 0. The maximum Gasteiger partial charge on any atom is 0.573 e. The molecule has 0 radical (unpaired) electrons. The average molecular weight is 381 g/mol. The molecule has 25 heavy (non-hydrogen) atoms. The first-order chi connectivity index (χ1) is 11.2. The molecular formula is C14H20ClF3N6O. The van der Waals surface area contributed by atoms with Crippen LogP contribution in [0.5, 0.6) is 5.75 Å². The van der Waals surface area contributed by atoms with Gasteiger partial charge in [-0.05, 0) is 31.3 Å². The molecule has 1 aromatic carbocycles. The van der Waals surface area contributed by atoms with Gasteiger partial charge < -0.3 is 19.9 Å². The fourth-order valence-corrected chi connectivity index (χ4v) is 2.14. The highest BCUT2D eigenvalue weighted by Gasteiger charge is 2.30. The first-order valence-electron chi connectivity index (χ1n) is 7.23. The highest BCUT2D eigenvalue weighted by molar-refractivity contribution is 6.02. The Balaban J connectivity index is 0.00000312. The summed E-state index contributed by atoms with van der Waals surface area (Å²) in [6, 6.07) is 5.01. The number of alkyl halides is 3. The van der Waals surface area contributed by atoms with E-state index in [-0.39, 0.29) is 30.1 Å². The molecule has 0 unspecified atom stereocenters. The number of ether oxygens (including phenoxy) is 1. The number of hydrogen-bond acceptors (Lipinski definition) is 4. The number of nitrogens with zero attached hydrogens (tertiary/aromatic N) is 2. The van der Waals surface area contributed by atoms with Crippen LogP contribution in [-0.4, -0.2) is 61.3 Å². The summed E-state index contributed by atoms with van der Waals surface area (Å²) in [5.41, 5.74) is 0.410. The molecule has 2 rings (SSSR count). The fourth-order valence-electron chi connectivity index (χ4n) is 2.14. The Morgan fingerprint density at radius 3 is 2.16 bits per heavy atom. The van der Waals surface area contributed by atoms with Crippen molar-refractivity contribution in [1.82, 2.24) is 15.1 Å². The van der Waals surface area contributed by atoms with Gasteiger partial charge in [0.15, 0.2) is 11.9 Å². The van der Waals surface area contributed by atoms with Gasteiger partial charge in [-0.25, -0.2) is 0 Å². The van der Waals surface area contributed by atoms with Crippen LogP contribution in [0.3, 0.4) is 0 Å². The second kappa shape index (κ2) is 8.77. The number of hydrogen-bond donors (Lipinski definition) is 4. The number of halogens is 4. The van der Waals surface area contributed by atoms with Gasteiger partial charge in [0, 0.05) is 31.9 Å². The lowest BCUT2D eigenvalue weighted by molar-refractivity contribution is -0.274. The number of anilines is 1. The molecule has 0 aromatic heterocycles. The normalized spacial score (nSPS) is 15.1. The van der Waals surface area contributed by atoms with E-state index in [0.29, 0.717) is 18.8 Å². The Kier molecular flexibility index (Phi) is 7.31. The van der Waals surface area contributed by atoms with Crippen molar-refractivity contribution in [2.75, 3.05) is 38.5 Å². The Morgan fingerprint density at radius 2 is 1.64 bits per heavy atom. The van der Waals surface area contributed by atoms with E-state index in [1.807, 2.05) is 11.9 Å². The third-order valence-electron chi connectivity index (χ3n) is 3.42. The zero-order chi connectivity index (χ0) is 17.7. The van der Waals surface area contributed by atoms with Gasteiger partial charge in [0.2, 0.25) is 0 Å². The van der Waals surface area contributed by atoms with Crippen molar-refractivity contribution in [3.63, 3.8) is 0 Å². The van der Waals surface area contributed by atoms with Crippen molar-refractivity contribution in [2.45, 2.75) is 6.36 Å². The van der Waals surface area contributed by atoms with Gasteiger partial charge in [-0.1, -0.05) is 0 Å². The van der Waals surface area contributed by atoms with Gasteiger partial charge in [0.05, 0.1) is 0 Å². The predicted octanol–water partition coefficient (Wildman–Crippen LogP) is 2.13. The molecule has 0 saturated carbocycles. The van der Waals surface area contributed by atoms with E-state index < -0.39 is 6.36 Å². The van der Waals surface area contributed by atoms with Crippen LogP contribution in [0.25, 0.3) is 0 Å². The van der Waals surface area contributed by atoms with Crippen molar-refractivity contribution >= 4 is 30.0 Å². The molecule has 1 aliphatic rings. The van der Waals surface area contributed by atoms with Crippen LogP contribution < -0.4 is 15.4 Å². The topological polar surface area (TPSA) is 87.5 Å². The molecule has 1 saturated heterocycles. The summed E-state index contributed by atoms with van der Waals surface area (Å²) in [6.45, 7) is 3.06. The molecule has 4 N–H and O–H groups in total. The number of likely N-dealkylation sites (N-methyl/N-ethyl adjacent to an activating group) is 1. The van der Waals surface area contributed by atoms with Gasteiger partial charge in [0.1, 0.15) is 5.75 Å². The highest BCUT2D eigenvalue weighted by Crippen LogP contribution is 2.23. The SMILES string of the molecule is CN1CCN(C(=N)NC(=N)Nc2ccc(OC(F)(F)F)cc2)CC1.Cl. The molecular weight excluding hydrogens is 361 g/mol. The van der Waals surface area contributed by atoms with E-state index in [4.69, 9.17) is 10.8 Å². The Bertz CT molecular complexity index is 587. The van der Waals surface area contributed by atoms with E-state index >= 15 is 0 Å². The lowest BCUT2D eigenvalue weighted by atomic mass is 10.3. The zero-order valence-electron chi connectivity index (χ0n) is 13.5. The van der Waals surface area contributed by atoms with Crippen LogP contribution in [0.4, 0.5) is 18.9 Å². The highest BCUT2D eigenvalue weighted by atomic mass is 35.5. The van der Waals surface area contributed by atoms with Gasteiger partial charge >= 0.3 is 6.36 Å². The van der Waals surface area contributed by atoms with E-state index in [9.17, 15) is 13.2 Å². The summed E-state index contributed by atoms with van der Waals surface area (Å²) in [5.74, 6) is -0.362. The average Bonchev–Trinajstić information content (AvgIpc) is 2.48. The third kappa shape index (κ3) is 7.06. The minimum Gasteiger partial charge on any atom is -0.406 e.